The largest absolute Gasteiger partial charge is 0.305 e. The summed E-state index contributed by atoms with van der Waals surface area (Å²) < 4.78 is 12.9. The second-order valence-corrected chi connectivity index (χ2v) is 4.88. The van der Waals surface area contributed by atoms with Gasteiger partial charge in [0.2, 0.25) is 0 Å². The fourth-order valence-corrected chi connectivity index (χ4v) is 2.86. The summed E-state index contributed by atoms with van der Waals surface area (Å²) in [6, 6.07) is 4.87. The van der Waals surface area contributed by atoms with Gasteiger partial charge in [0, 0.05) is 4.88 Å². The van der Waals surface area contributed by atoms with E-state index in [0.29, 0.717) is 5.02 Å². The topological polar surface area (TPSA) is 24.9 Å². The number of hydrogen-bond acceptors (Lipinski definition) is 3. The summed E-state index contributed by atoms with van der Waals surface area (Å²) in [5, 5.41) is 5.95. The molecule has 5 heteroatoms. The van der Waals surface area contributed by atoms with E-state index in [1.54, 1.807) is 17.4 Å². The van der Waals surface area contributed by atoms with Crippen LogP contribution in [0.25, 0.3) is 0 Å². The summed E-state index contributed by atoms with van der Waals surface area (Å²) in [6.45, 7) is 2.80. The molecule has 0 aliphatic heterocycles. The van der Waals surface area contributed by atoms with Crippen LogP contribution in [0.5, 0.6) is 0 Å². The van der Waals surface area contributed by atoms with Gasteiger partial charge in [0.05, 0.1) is 23.0 Å². The van der Waals surface area contributed by atoms with Crippen molar-refractivity contribution in [2.45, 2.75) is 13.0 Å². The van der Waals surface area contributed by atoms with Crippen LogP contribution >= 0.6 is 22.9 Å². The van der Waals surface area contributed by atoms with Gasteiger partial charge in [-0.1, -0.05) is 18.5 Å². The lowest BCUT2D eigenvalue weighted by molar-refractivity contribution is 0.599. The highest BCUT2D eigenvalue weighted by Gasteiger charge is 2.18. The highest BCUT2D eigenvalue weighted by Crippen LogP contribution is 2.31. The third-order valence-corrected chi connectivity index (χ3v) is 3.78. The SMILES string of the molecule is CCNC(c1ccc(F)cn1)c1sccc1Cl. The van der Waals surface area contributed by atoms with E-state index in [0.717, 1.165) is 17.1 Å². The number of hydrogen-bond donors (Lipinski definition) is 1. The van der Waals surface area contributed by atoms with Crippen molar-refractivity contribution in [3.63, 3.8) is 0 Å². The molecule has 2 aromatic heterocycles. The lowest BCUT2D eigenvalue weighted by Gasteiger charge is -2.16. The van der Waals surface area contributed by atoms with Crippen molar-refractivity contribution in [2.75, 3.05) is 6.54 Å². The van der Waals surface area contributed by atoms with Crippen molar-refractivity contribution in [3.8, 4) is 0 Å². The molecule has 0 spiro atoms. The average molecular weight is 271 g/mol. The molecule has 90 valence electrons. The van der Waals surface area contributed by atoms with Gasteiger partial charge in [-0.2, -0.15) is 0 Å². The molecule has 0 bridgehead atoms. The second-order valence-electron chi connectivity index (χ2n) is 3.52. The molecule has 2 rings (SSSR count). The van der Waals surface area contributed by atoms with E-state index < -0.39 is 0 Å². The minimum atomic E-state index is -0.332. The van der Waals surface area contributed by atoms with Gasteiger partial charge in [-0.05, 0) is 30.1 Å². The van der Waals surface area contributed by atoms with Gasteiger partial charge < -0.3 is 5.32 Å². The predicted octanol–water partition coefficient (Wildman–Crippen LogP) is 3.63. The van der Waals surface area contributed by atoms with Gasteiger partial charge >= 0.3 is 0 Å². The Morgan fingerprint density at radius 1 is 1.47 bits per heavy atom. The van der Waals surface area contributed by atoms with Crippen LogP contribution in [0.2, 0.25) is 5.02 Å². The van der Waals surface area contributed by atoms with E-state index in [2.05, 4.69) is 10.3 Å². The average Bonchev–Trinajstić information content (AvgIpc) is 2.74. The van der Waals surface area contributed by atoms with Crippen LogP contribution in [0.4, 0.5) is 4.39 Å². The smallest absolute Gasteiger partial charge is 0.141 e. The van der Waals surface area contributed by atoms with Crippen LogP contribution in [0.15, 0.2) is 29.8 Å². The zero-order chi connectivity index (χ0) is 12.3. The molecule has 1 N–H and O–H groups in total. The van der Waals surface area contributed by atoms with Crippen molar-refractivity contribution in [2.24, 2.45) is 0 Å². The van der Waals surface area contributed by atoms with Crippen molar-refractivity contribution >= 4 is 22.9 Å². The van der Waals surface area contributed by atoms with Gasteiger partial charge in [-0.15, -0.1) is 11.3 Å². The fraction of sp³-hybridized carbons (Fsp3) is 0.250. The molecule has 1 unspecified atom stereocenters. The second kappa shape index (κ2) is 5.58. The van der Waals surface area contributed by atoms with Gasteiger partial charge in [-0.3, -0.25) is 4.98 Å². The molecule has 0 fully saturated rings. The lowest BCUT2D eigenvalue weighted by atomic mass is 10.1. The van der Waals surface area contributed by atoms with Gasteiger partial charge in [0.15, 0.2) is 0 Å². The molecule has 17 heavy (non-hydrogen) atoms. The molecule has 1 atom stereocenters. The molecule has 0 radical (unpaired) electrons. The molecule has 2 heterocycles. The standard InChI is InChI=1S/C12H12ClFN2S/c1-2-15-11(12-9(13)5-6-17-12)10-4-3-8(14)7-16-10/h3-7,11,15H,2H2,1H3. The van der Waals surface area contributed by atoms with Gasteiger partial charge in [0.1, 0.15) is 5.82 Å². The van der Waals surface area contributed by atoms with Crippen LogP contribution in [0.3, 0.4) is 0 Å². The first kappa shape index (κ1) is 12.5. The Balaban J connectivity index is 2.35. The van der Waals surface area contributed by atoms with Crippen LogP contribution in [0, 0.1) is 5.82 Å². The summed E-state index contributed by atoms with van der Waals surface area (Å²) >= 11 is 7.69. The lowest BCUT2D eigenvalue weighted by Crippen LogP contribution is -2.22. The van der Waals surface area contributed by atoms with Crippen molar-refractivity contribution in [3.05, 3.63) is 51.2 Å². The quantitative estimate of drug-likeness (QED) is 0.918. The maximum atomic E-state index is 12.9. The van der Waals surface area contributed by atoms with E-state index in [1.165, 1.54) is 12.3 Å². The first-order chi connectivity index (χ1) is 8.22. The maximum absolute atomic E-state index is 12.9. The highest BCUT2D eigenvalue weighted by atomic mass is 35.5. The first-order valence-electron chi connectivity index (χ1n) is 5.30. The van der Waals surface area contributed by atoms with Crippen molar-refractivity contribution in [1.82, 2.24) is 10.3 Å². The van der Waals surface area contributed by atoms with Crippen LogP contribution in [0.1, 0.15) is 23.5 Å². The monoisotopic (exact) mass is 270 g/mol. The number of nitrogens with one attached hydrogen (secondary N) is 1. The van der Waals surface area contributed by atoms with E-state index in [4.69, 9.17) is 11.6 Å². The molecule has 0 amide bonds. The van der Waals surface area contributed by atoms with E-state index in [9.17, 15) is 4.39 Å². The number of thiophene rings is 1. The third-order valence-electron chi connectivity index (χ3n) is 2.36. The maximum Gasteiger partial charge on any atom is 0.141 e. The number of pyridine rings is 1. The number of aromatic nitrogens is 1. The van der Waals surface area contributed by atoms with Crippen LogP contribution < -0.4 is 5.32 Å². The van der Waals surface area contributed by atoms with E-state index in [1.807, 2.05) is 18.4 Å². The van der Waals surface area contributed by atoms with Crippen molar-refractivity contribution < 1.29 is 4.39 Å². The summed E-state index contributed by atoms with van der Waals surface area (Å²) in [5.41, 5.74) is 0.776. The number of halogens is 2. The Morgan fingerprint density at radius 2 is 2.29 bits per heavy atom. The molecule has 2 aromatic rings. The summed E-state index contributed by atoms with van der Waals surface area (Å²) in [7, 11) is 0. The molecule has 0 saturated heterocycles. The third kappa shape index (κ3) is 2.83. The molecule has 2 nitrogen and oxygen atoms in total. The normalized spacial score (nSPS) is 12.6. The Bertz CT molecular complexity index is 484. The molecular weight excluding hydrogens is 259 g/mol. The molecule has 0 saturated carbocycles. The minimum Gasteiger partial charge on any atom is -0.305 e. The van der Waals surface area contributed by atoms with Crippen molar-refractivity contribution in [1.29, 1.82) is 0 Å². The Morgan fingerprint density at radius 3 is 2.82 bits per heavy atom. The van der Waals surface area contributed by atoms with E-state index in [-0.39, 0.29) is 11.9 Å². The van der Waals surface area contributed by atoms with E-state index >= 15 is 0 Å². The molecular formula is C12H12ClFN2S. The van der Waals surface area contributed by atoms with Gasteiger partial charge in [-0.25, -0.2) is 4.39 Å². The zero-order valence-electron chi connectivity index (χ0n) is 9.28. The van der Waals surface area contributed by atoms with Gasteiger partial charge in [0.25, 0.3) is 0 Å². The molecule has 0 aromatic carbocycles. The summed E-state index contributed by atoms with van der Waals surface area (Å²) in [4.78, 5) is 5.11. The highest BCUT2D eigenvalue weighted by molar-refractivity contribution is 7.10. The molecule has 0 aliphatic carbocycles. The number of nitrogens with zero attached hydrogens (tertiary/aromatic N) is 1. The minimum absolute atomic E-state index is 0.0758. The van der Waals surface area contributed by atoms with Crippen LogP contribution in [-0.4, -0.2) is 11.5 Å². The summed E-state index contributed by atoms with van der Waals surface area (Å²) in [6.07, 6.45) is 1.22. The Hall–Kier alpha value is -0.970. The predicted molar refractivity (Wildman–Crippen MR) is 69.0 cm³/mol. The Kier molecular flexibility index (Phi) is 4.10. The Labute approximate surface area is 108 Å². The number of rotatable bonds is 4. The summed E-state index contributed by atoms with van der Waals surface area (Å²) in [5.74, 6) is -0.332. The first-order valence-corrected chi connectivity index (χ1v) is 6.56. The van der Waals surface area contributed by atoms with Crippen LogP contribution in [-0.2, 0) is 0 Å². The fourth-order valence-electron chi connectivity index (χ4n) is 1.61. The zero-order valence-corrected chi connectivity index (χ0v) is 10.9. The molecule has 0 aliphatic rings.